The quantitative estimate of drug-likeness (QED) is 0.537. The molecule has 0 aliphatic heterocycles. The Morgan fingerprint density at radius 3 is 2.60 bits per heavy atom. The Kier molecular flexibility index (Phi) is 2.87. The molecule has 0 atom stereocenters. The number of anilines is 1. The number of hydrogen-bond acceptors (Lipinski definition) is 3. The second-order valence-electron chi connectivity index (χ2n) is 1.63. The normalized spacial score (nSPS) is 9.60. The molecule has 0 saturated carbocycles. The van der Waals surface area contributed by atoms with Gasteiger partial charge in [0, 0.05) is 0 Å². The van der Waals surface area contributed by atoms with Crippen LogP contribution in [0.3, 0.4) is 0 Å². The molecule has 1 rings (SSSR count). The molecule has 0 saturated heterocycles. The molecule has 0 radical (unpaired) electrons. The standard InChI is InChI=1S/C6H6NO2P/c8-10-9-7-6-4-2-1-3-5-6/h1-5,7H. The maximum absolute atomic E-state index is 9.79. The third kappa shape index (κ3) is 2.13. The molecule has 0 fully saturated rings. The molecule has 0 aromatic heterocycles. The van der Waals surface area contributed by atoms with Crippen molar-refractivity contribution in [3.05, 3.63) is 30.3 Å². The van der Waals surface area contributed by atoms with Gasteiger partial charge in [-0.3, -0.25) is 5.48 Å². The van der Waals surface area contributed by atoms with Crippen molar-refractivity contribution < 1.29 is 9.19 Å². The van der Waals surface area contributed by atoms with Crippen molar-refractivity contribution in [3.63, 3.8) is 0 Å². The highest BCUT2D eigenvalue weighted by molar-refractivity contribution is 7.17. The Morgan fingerprint density at radius 2 is 2.00 bits per heavy atom. The lowest BCUT2D eigenvalue weighted by molar-refractivity contribution is 0.425. The summed E-state index contributed by atoms with van der Waals surface area (Å²) in [5.41, 5.74) is 3.25. The molecule has 0 bridgehead atoms. The summed E-state index contributed by atoms with van der Waals surface area (Å²) in [6.45, 7) is 0. The van der Waals surface area contributed by atoms with Crippen molar-refractivity contribution in [2.24, 2.45) is 0 Å². The minimum atomic E-state index is -0.371. The van der Waals surface area contributed by atoms with Crippen LogP contribution in [0.5, 0.6) is 0 Å². The van der Waals surface area contributed by atoms with E-state index in [9.17, 15) is 4.57 Å². The van der Waals surface area contributed by atoms with Crippen molar-refractivity contribution >= 4 is 14.4 Å². The zero-order chi connectivity index (χ0) is 7.23. The van der Waals surface area contributed by atoms with Gasteiger partial charge < -0.3 is 0 Å². The fourth-order valence-corrected chi connectivity index (χ4v) is 0.720. The van der Waals surface area contributed by atoms with Crippen LogP contribution in [0.25, 0.3) is 0 Å². The largest absolute Gasteiger partial charge is 0.351 e. The molecule has 10 heavy (non-hydrogen) atoms. The first-order valence-electron chi connectivity index (χ1n) is 2.73. The Bertz CT molecular complexity index is 202. The SMILES string of the molecule is O=PONc1ccccc1. The molecule has 0 aliphatic rings. The Balaban J connectivity index is 2.50. The average molecular weight is 155 g/mol. The van der Waals surface area contributed by atoms with Gasteiger partial charge in [-0.15, -0.1) is 0 Å². The maximum atomic E-state index is 9.79. The highest BCUT2D eigenvalue weighted by Gasteiger charge is 1.85. The first-order chi connectivity index (χ1) is 4.93. The second-order valence-corrected chi connectivity index (χ2v) is 1.97. The first-order valence-corrected chi connectivity index (χ1v) is 3.46. The van der Waals surface area contributed by atoms with Gasteiger partial charge in [-0.1, -0.05) is 18.2 Å². The summed E-state index contributed by atoms with van der Waals surface area (Å²) >= 11 is 0. The number of nitrogens with one attached hydrogen (secondary N) is 1. The molecule has 0 spiro atoms. The lowest BCUT2D eigenvalue weighted by Crippen LogP contribution is -1.89. The van der Waals surface area contributed by atoms with Gasteiger partial charge in [-0.2, -0.15) is 4.62 Å². The van der Waals surface area contributed by atoms with Crippen LogP contribution in [-0.4, -0.2) is 0 Å². The summed E-state index contributed by atoms with van der Waals surface area (Å²) in [5.74, 6) is 0. The molecular weight excluding hydrogens is 149 g/mol. The van der Waals surface area contributed by atoms with Crippen molar-refractivity contribution in [3.8, 4) is 0 Å². The Hall–Kier alpha value is -0.920. The first kappa shape index (κ1) is 7.19. The fraction of sp³-hybridized carbons (Fsp3) is 0. The molecule has 1 N–H and O–H groups in total. The fourth-order valence-electron chi connectivity index (χ4n) is 0.578. The van der Waals surface area contributed by atoms with Gasteiger partial charge >= 0.3 is 8.69 Å². The van der Waals surface area contributed by atoms with Crippen LogP contribution in [0, 0.1) is 0 Å². The van der Waals surface area contributed by atoms with E-state index in [0.29, 0.717) is 0 Å². The van der Waals surface area contributed by atoms with Crippen LogP contribution in [0.4, 0.5) is 5.69 Å². The Labute approximate surface area is 60.3 Å². The minimum Gasteiger partial charge on any atom is -0.254 e. The van der Waals surface area contributed by atoms with E-state index in [1.807, 2.05) is 30.3 Å². The summed E-state index contributed by atoms with van der Waals surface area (Å²) in [6.07, 6.45) is 0. The predicted molar refractivity (Wildman–Crippen MR) is 38.8 cm³/mol. The van der Waals surface area contributed by atoms with Crippen LogP contribution in [0.15, 0.2) is 30.3 Å². The molecule has 52 valence electrons. The lowest BCUT2D eigenvalue weighted by atomic mass is 10.3. The predicted octanol–water partition coefficient (Wildman–Crippen LogP) is 2.24. The van der Waals surface area contributed by atoms with Gasteiger partial charge in [0.25, 0.3) is 0 Å². The number of rotatable bonds is 3. The van der Waals surface area contributed by atoms with E-state index in [1.165, 1.54) is 0 Å². The van der Waals surface area contributed by atoms with Gasteiger partial charge in [-0.05, 0) is 12.1 Å². The van der Waals surface area contributed by atoms with Crippen molar-refractivity contribution in [1.29, 1.82) is 0 Å². The van der Waals surface area contributed by atoms with E-state index < -0.39 is 0 Å². The van der Waals surface area contributed by atoms with E-state index in [1.54, 1.807) is 0 Å². The summed E-state index contributed by atoms with van der Waals surface area (Å²) in [7, 11) is -0.371. The van der Waals surface area contributed by atoms with Gasteiger partial charge in [0.05, 0.1) is 5.69 Å². The van der Waals surface area contributed by atoms with Crippen LogP contribution >= 0.6 is 8.69 Å². The van der Waals surface area contributed by atoms with E-state index in [-0.39, 0.29) is 8.69 Å². The van der Waals surface area contributed by atoms with Gasteiger partial charge in [-0.25, -0.2) is 4.57 Å². The average Bonchev–Trinajstić information content (AvgIpc) is 2.03. The molecule has 1 aromatic rings. The molecule has 3 nitrogen and oxygen atoms in total. The maximum Gasteiger partial charge on any atom is 0.351 e. The van der Waals surface area contributed by atoms with E-state index in [0.717, 1.165) is 5.69 Å². The number of benzene rings is 1. The van der Waals surface area contributed by atoms with Crippen molar-refractivity contribution in [2.45, 2.75) is 0 Å². The zero-order valence-electron chi connectivity index (χ0n) is 5.15. The van der Waals surface area contributed by atoms with Crippen LogP contribution in [0.2, 0.25) is 0 Å². The monoisotopic (exact) mass is 155 g/mol. The Morgan fingerprint density at radius 1 is 1.30 bits per heavy atom. The van der Waals surface area contributed by atoms with Crippen LogP contribution in [0.1, 0.15) is 0 Å². The summed E-state index contributed by atoms with van der Waals surface area (Å²) < 4.78 is 14.2. The molecule has 0 aliphatic carbocycles. The van der Waals surface area contributed by atoms with E-state index in [4.69, 9.17) is 0 Å². The van der Waals surface area contributed by atoms with E-state index in [2.05, 4.69) is 10.1 Å². The van der Waals surface area contributed by atoms with Crippen LogP contribution in [-0.2, 0) is 9.19 Å². The molecule has 0 heterocycles. The summed E-state index contributed by atoms with van der Waals surface area (Å²) in [4.78, 5) is 0. The van der Waals surface area contributed by atoms with E-state index >= 15 is 0 Å². The van der Waals surface area contributed by atoms with Gasteiger partial charge in [0.2, 0.25) is 0 Å². The smallest absolute Gasteiger partial charge is 0.254 e. The second kappa shape index (κ2) is 3.99. The van der Waals surface area contributed by atoms with Gasteiger partial charge in [0.1, 0.15) is 0 Å². The number of para-hydroxylation sites is 1. The molecular formula is C6H6NO2P. The molecule has 1 aromatic carbocycles. The summed E-state index contributed by atoms with van der Waals surface area (Å²) in [5, 5.41) is 0. The molecule has 0 unspecified atom stereocenters. The van der Waals surface area contributed by atoms with Crippen molar-refractivity contribution in [1.82, 2.24) is 0 Å². The summed E-state index contributed by atoms with van der Waals surface area (Å²) in [6, 6.07) is 9.22. The van der Waals surface area contributed by atoms with Crippen LogP contribution < -0.4 is 5.48 Å². The topological polar surface area (TPSA) is 38.3 Å². The third-order valence-corrected chi connectivity index (χ3v) is 1.14. The third-order valence-electron chi connectivity index (χ3n) is 0.975. The highest BCUT2D eigenvalue weighted by Crippen LogP contribution is 2.06. The number of hydrogen-bond donors (Lipinski definition) is 1. The highest BCUT2D eigenvalue weighted by atomic mass is 31.1. The molecule has 4 heteroatoms. The van der Waals surface area contributed by atoms with Gasteiger partial charge in [0.15, 0.2) is 0 Å². The zero-order valence-corrected chi connectivity index (χ0v) is 6.04. The molecule has 0 amide bonds. The minimum absolute atomic E-state index is 0.371. The van der Waals surface area contributed by atoms with Crippen molar-refractivity contribution in [2.75, 3.05) is 5.48 Å². The lowest BCUT2D eigenvalue weighted by Gasteiger charge is -1.97.